The van der Waals surface area contributed by atoms with Gasteiger partial charge >= 0.3 is 12.1 Å². The molecule has 2 amide bonds. The van der Waals surface area contributed by atoms with Crippen LogP contribution in [0, 0.1) is 0 Å². The average molecular weight is 420 g/mol. The molecule has 8 nitrogen and oxygen atoms in total. The molecule has 11 heteroatoms. The van der Waals surface area contributed by atoms with Gasteiger partial charge in [-0.3, -0.25) is 25.2 Å². The van der Waals surface area contributed by atoms with E-state index in [1.54, 1.807) is 18.2 Å². The first-order valence-electron chi connectivity index (χ1n) is 8.58. The molecule has 0 aliphatic rings. The molecule has 0 fully saturated rings. The summed E-state index contributed by atoms with van der Waals surface area (Å²) < 4.78 is 45.1. The van der Waals surface area contributed by atoms with Gasteiger partial charge in [0.05, 0.1) is 11.0 Å². The molecule has 3 aromatic rings. The van der Waals surface area contributed by atoms with Crippen LogP contribution in [0.25, 0.3) is 11.0 Å². The lowest BCUT2D eigenvalue weighted by atomic mass is 10.2. The number of hydrazine groups is 1. The van der Waals surface area contributed by atoms with Crippen LogP contribution in [-0.2, 0) is 27.0 Å². The fourth-order valence-corrected chi connectivity index (χ4v) is 2.60. The maximum atomic E-state index is 13.2. The van der Waals surface area contributed by atoms with Crippen LogP contribution >= 0.6 is 0 Å². The maximum Gasteiger partial charge on any atom is 0.449 e. The second kappa shape index (κ2) is 8.64. The summed E-state index contributed by atoms with van der Waals surface area (Å²) in [4.78, 5) is 39.0. The zero-order valence-electron chi connectivity index (χ0n) is 15.3. The molecule has 0 saturated heterocycles. The van der Waals surface area contributed by atoms with E-state index in [2.05, 4.69) is 10.4 Å². The topological polar surface area (TPSA) is 102 Å². The van der Waals surface area contributed by atoms with E-state index < -0.39 is 42.9 Å². The number of rotatable bonds is 5. The Morgan fingerprint density at radius 2 is 1.63 bits per heavy atom. The number of carbonyl (C=O) groups excluding carboxylic acids is 3. The molecule has 0 bridgehead atoms. The molecule has 0 radical (unpaired) electrons. The van der Waals surface area contributed by atoms with Crippen LogP contribution in [0.15, 0.2) is 54.6 Å². The van der Waals surface area contributed by atoms with E-state index in [-0.39, 0.29) is 11.0 Å². The molecular formula is C19H15F3N4O4. The number of imidazole rings is 1. The smallest absolute Gasteiger partial charge is 0.449 e. The minimum atomic E-state index is -4.78. The van der Waals surface area contributed by atoms with Gasteiger partial charge < -0.3 is 9.30 Å². The van der Waals surface area contributed by atoms with E-state index in [9.17, 15) is 27.6 Å². The molecule has 1 heterocycles. The number of hydrogen-bond donors (Lipinski definition) is 2. The van der Waals surface area contributed by atoms with Gasteiger partial charge in [-0.1, -0.05) is 30.3 Å². The number of alkyl halides is 3. The van der Waals surface area contributed by atoms with Crippen LogP contribution in [0.2, 0.25) is 0 Å². The highest BCUT2D eigenvalue weighted by Crippen LogP contribution is 2.31. The standard InChI is InChI=1S/C19H15F3N4O4/c20-19(21,22)18-23-13-8-4-5-9-14(13)26(18)10-16(28)30-11-15(27)24-25-17(29)12-6-2-1-3-7-12/h1-9H,10-11H2,(H,24,27)(H,25,29). The Labute approximate surface area is 167 Å². The van der Waals surface area contributed by atoms with Crippen molar-refractivity contribution in [2.24, 2.45) is 0 Å². The first-order chi connectivity index (χ1) is 14.3. The first-order valence-corrected chi connectivity index (χ1v) is 8.58. The Hall–Kier alpha value is -3.89. The third kappa shape index (κ3) is 4.93. The number of halogens is 3. The molecule has 30 heavy (non-hydrogen) atoms. The van der Waals surface area contributed by atoms with Crippen LogP contribution in [0.5, 0.6) is 0 Å². The van der Waals surface area contributed by atoms with Crippen molar-refractivity contribution in [1.82, 2.24) is 20.4 Å². The van der Waals surface area contributed by atoms with Gasteiger partial charge in [0.2, 0.25) is 5.82 Å². The normalized spacial score (nSPS) is 11.2. The third-order valence-electron chi connectivity index (χ3n) is 3.91. The van der Waals surface area contributed by atoms with Gasteiger partial charge in [0.1, 0.15) is 6.54 Å². The van der Waals surface area contributed by atoms with Crippen LogP contribution in [0.3, 0.4) is 0 Å². The molecule has 0 aliphatic heterocycles. The summed E-state index contributed by atoms with van der Waals surface area (Å²) in [5, 5.41) is 0. The summed E-state index contributed by atoms with van der Waals surface area (Å²) in [5.41, 5.74) is 4.63. The van der Waals surface area contributed by atoms with Crippen molar-refractivity contribution >= 4 is 28.8 Å². The molecule has 2 aromatic carbocycles. The highest BCUT2D eigenvalue weighted by molar-refractivity contribution is 5.95. The number of benzene rings is 2. The lowest BCUT2D eigenvalue weighted by molar-refractivity contribution is -0.153. The molecular weight excluding hydrogens is 405 g/mol. The molecule has 0 unspecified atom stereocenters. The van der Waals surface area contributed by atoms with Gasteiger partial charge in [0.15, 0.2) is 6.61 Å². The number of aromatic nitrogens is 2. The molecule has 1 aromatic heterocycles. The van der Waals surface area contributed by atoms with Crippen molar-refractivity contribution < 1.29 is 32.3 Å². The number of ether oxygens (including phenoxy) is 1. The van der Waals surface area contributed by atoms with Gasteiger partial charge in [-0.15, -0.1) is 0 Å². The molecule has 2 N–H and O–H groups in total. The summed E-state index contributed by atoms with van der Waals surface area (Å²) in [6.07, 6.45) is -4.78. The number of nitrogens with zero attached hydrogens (tertiary/aromatic N) is 2. The van der Waals surface area contributed by atoms with E-state index in [4.69, 9.17) is 4.74 Å². The number of esters is 1. The van der Waals surface area contributed by atoms with Crippen molar-refractivity contribution in [2.45, 2.75) is 12.7 Å². The average Bonchev–Trinajstić information content (AvgIpc) is 3.10. The van der Waals surface area contributed by atoms with E-state index >= 15 is 0 Å². The van der Waals surface area contributed by atoms with Crippen LogP contribution in [-0.4, -0.2) is 33.9 Å². The van der Waals surface area contributed by atoms with Crippen LogP contribution in [0.1, 0.15) is 16.2 Å². The van der Waals surface area contributed by atoms with E-state index in [0.29, 0.717) is 10.1 Å². The predicted octanol–water partition coefficient (Wildman–Crippen LogP) is 2.06. The summed E-state index contributed by atoms with van der Waals surface area (Å²) in [7, 11) is 0. The summed E-state index contributed by atoms with van der Waals surface area (Å²) in [6.45, 7) is -1.58. The number of fused-ring (bicyclic) bond motifs is 1. The van der Waals surface area contributed by atoms with E-state index in [1.165, 1.54) is 36.4 Å². The van der Waals surface area contributed by atoms with Crippen LogP contribution < -0.4 is 10.9 Å². The van der Waals surface area contributed by atoms with Crippen molar-refractivity contribution in [3.63, 3.8) is 0 Å². The third-order valence-corrected chi connectivity index (χ3v) is 3.91. The Balaban J connectivity index is 1.57. The molecule has 3 rings (SSSR count). The van der Waals surface area contributed by atoms with Crippen molar-refractivity contribution in [2.75, 3.05) is 6.61 Å². The Morgan fingerprint density at radius 3 is 2.33 bits per heavy atom. The number of amides is 2. The molecule has 0 saturated carbocycles. The number of carbonyl (C=O) groups is 3. The van der Waals surface area contributed by atoms with E-state index in [0.717, 1.165) is 0 Å². The quantitative estimate of drug-likeness (QED) is 0.486. The summed E-state index contributed by atoms with van der Waals surface area (Å²) >= 11 is 0. The Morgan fingerprint density at radius 1 is 0.967 bits per heavy atom. The van der Waals surface area contributed by atoms with Gasteiger partial charge in [0.25, 0.3) is 11.8 Å². The first kappa shape index (κ1) is 20.8. The fraction of sp³-hybridized carbons (Fsp3) is 0.158. The van der Waals surface area contributed by atoms with Crippen molar-refractivity contribution in [3.05, 3.63) is 66.0 Å². The predicted molar refractivity (Wildman–Crippen MR) is 97.7 cm³/mol. The lowest BCUT2D eigenvalue weighted by Crippen LogP contribution is -2.43. The molecule has 0 aliphatic carbocycles. The summed E-state index contributed by atoms with van der Waals surface area (Å²) in [6, 6.07) is 13.8. The zero-order valence-corrected chi connectivity index (χ0v) is 15.3. The van der Waals surface area contributed by atoms with Crippen molar-refractivity contribution in [1.29, 1.82) is 0 Å². The summed E-state index contributed by atoms with van der Waals surface area (Å²) in [5.74, 6) is -3.78. The second-order valence-electron chi connectivity index (χ2n) is 6.04. The lowest BCUT2D eigenvalue weighted by Gasteiger charge is -2.11. The highest BCUT2D eigenvalue weighted by atomic mass is 19.4. The molecule has 156 valence electrons. The number of hydrogen-bond acceptors (Lipinski definition) is 5. The molecule has 0 atom stereocenters. The largest absolute Gasteiger partial charge is 0.454 e. The SMILES string of the molecule is O=C(COC(=O)Cn1c(C(F)(F)F)nc2ccccc21)NNC(=O)c1ccccc1. The van der Waals surface area contributed by atoms with Gasteiger partial charge in [-0.05, 0) is 24.3 Å². The number of nitrogens with one attached hydrogen (secondary N) is 2. The zero-order chi connectivity index (χ0) is 21.7. The van der Waals surface area contributed by atoms with Crippen LogP contribution in [0.4, 0.5) is 13.2 Å². The Kier molecular flexibility index (Phi) is 6.00. The maximum absolute atomic E-state index is 13.2. The molecule has 0 spiro atoms. The monoisotopic (exact) mass is 420 g/mol. The van der Waals surface area contributed by atoms with Crippen molar-refractivity contribution in [3.8, 4) is 0 Å². The Bertz CT molecular complexity index is 1080. The minimum absolute atomic E-state index is 0.0685. The van der Waals surface area contributed by atoms with Gasteiger partial charge in [-0.25, -0.2) is 4.98 Å². The fourth-order valence-electron chi connectivity index (χ4n) is 2.60. The number of para-hydroxylation sites is 2. The minimum Gasteiger partial charge on any atom is -0.454 e. The van der Waals surface area contributed by atoms with Gasteiger partial charge in [0, 0.05) is 5.56 Å². The highest BCUT2D eigenvalue weighted by Gasteiger charge is 2.38. The van der Waals surface area contributed by atoms with Gasteiger partial charge in [-0.2, -0.15) is 13.2 Å². The second-order valence-corrected chi connectivity index (χ2v) is 6.04. The van der Waals surface area contributed by atoms with E-state index in [1.807, 2.05) is 5.43 Å².